The minimum atomic E-state index is -0.0479. The van der Waals surface area contributed by atoms with E-state index in [0.717, 1.165) is 12.2 Å². The highest BCUT2D eigenvalue weighted by molar-refractivity contribution is 5.40. The molecule has 2 unspecified atom stereocenters. The molecular weight excluding hydrogens is 246 g/mol. The summed E-state index contributed by atoms with van der Waals surface area (Å²) in [5.41, 5.74) is 11.9. The Morgan fingerprint density at radius 2 is 1.85 bits per heavy atom. The van der Waals surface area contributed by atoms with Gasteiger partial charge in [0.2, 0.25) is 0 Å². The highest BCUT2D eigenvalue weighted by Gasteiger charge is 2.29. The third-order valence-electron chi connectivity index (χ3n) is 4.58. The first-order valence-corrected chi connectivity index (χ1v) is 7.43. The molecule has 2 atom stereocenters. The number of hydrogen-bond donors (Lipinski definition) is 1. The third-order valence-corrected chi connectivity index (χ3v) is 4.58. The lowest BCUT2D eigenvalue weighted by Crippen LogP contribution is -2.30. The first-order valence-electron chi connectivity index (χ1n) is 7.43. The van der Waals surface area contributed by atoms with E-state index >= 15 is 0 Å². The summed E-state index contributed by atoms with van der Waals surface area (Å²) in [5.74, 6) is 0.995. The van der Waals surface area contributed by atoms with Crippen LogP contribution in [0.25, 0.3) is 0 Å². The van der Waals surface area contributed by atoms with Gasteiger partial charge in [0, 0.05) is 6.42 Å². The second kappa shape index (κ2) is 4.64. The second-order valence-electron chi connectivity index (χ2n) is 5.88. The van der Waals surface area contributed by atoms with Gasteiger partial charge in [-0.3, -0.25) is 0 Å². The van der Waals surface area contributed by atoms with Crippen molar-refractivity contribution in [3.8, 4) is 5.75 Å². The quantitative estimate of drug-likeness (QED) is 0.905. The lowest BCUT2D eigenvalue weighted by Gasteiger charge is -2.20. The topological polar surface area (TPSA) is 35.2 Å². The molecule has 2 heteroatoms. The van der Waals surface area contributed by atoms with Crippen molar-refractivity contribution in [2.45, 2.75) is 37.8 Å². The Labute approximate surface area is 119 Å². The molecule has 2 aromatic carbocycles. The first-order chi connectivity index (χ1) is 9.81. The summed E-state index contributed by atoms with van der Waals surface area (Å²) in [6.07, 6.45) is 4.66. The zero-order valence-electron chi connectivity index (χ0n) is 11.5. The maximum absolute atomic E-state index is 6.45. The van der Waals surface area contributed by atoms with E-state index in [0.29, 0.717) is 0 Å². The van der Waals surface area contributed by atoms with Gasteiger partial charge in [0.25, 0.3) is 0 Å². The number of rotatable bonds is 2. The van der Waals surface area contributed by atoms with E-state index in [2.05, 4.69) is 30.3 Å². The van der Waals surface area contributed by atoms with Crippen LogP contribution in [-0.4, -0.2) is 6.10 Å². The fourth-order valence-corrected chi connectivity index (χ4v) is 3.42. The molecule has 0 bridgehead atoms. The van der Waals surface area contributed by atoms with Gasteiger partial charge in [-0.1, -0.05) is 36.4 Å². The summed E-state index contributed by atoms with van der Waals surface area (Å²) in [6, 6.07) is 14.9. The third kappa shape index (κ3) is 1.92. The molecule has 1 aliphatic heterocycles. The van der Waals surface area contributed by atoms with Crippen molar-refractivity contribution in [1.29, 1.82) is 0 Å². The molecule has 0 spiro atoms. The van der Waals surface area contributed by atoms with Crippen molar-refractivity contribution >= 4 is 0 Å². The van der Waals surface area contributed by atoms with Crippen molar-refractivity contribution < 1.29 is 4.74 Å². The van der Waals surface area contributed by atoms with Gasteiger partial charge in [-0.25, -0.2) is 0 Å². The summed E-state index contributed by atoms with van der Waals surface area (Å²) < 4.78 is 6.02. The molecule has 0 aromatic heterocycles. The van der Waals surface area contributed by atoms with Crippen LogP contribution in [0.5, 0.6) is 5.75 Å². The number of nitrogens with two attached hydrogens (primary N) is 1. The number of fused-ring (bicyclic) bond motifs is 2. The van der Waals surface area contributed by atoms with Crippen LogP contribution in [0.4, 0.5) is 0 Å². The lowest BCUT2D eigenvalue weighted by atomic mass is 9.96. The van der Waals surface area contributed by atoms with Crippen molar-refractivity contribution in [3.05, 3.63) is 64.7 Å². The highest BCUT2D eigenvalue weighted by atomic mass is 16.5. The minimum absolute atomic E-state index is 0.0479. The predicted octanol–water partition coefficient (Wildman–Crippen LogP) is 3.18. The Morgan fingerprint density at radius 1 is 1.00 bits per heavy atom. The maximum atomic E-state index is 6.45. The van der Waals surface area contributed by atoms with E-state index in [1.54, 1.807) is 0 Å². The molecule has 0 saturated heterocycles. The van der Waals surface area contributed by atoms with Gasteiger partial charge in [0.15, 0.2) is 0 Å². The standard InChI is InChI=1S/C18H19NO/c19-18(15-9-8-12-5-3-6-13(12)10-15)17-11-14-4-1-2-7-16(14)20-17/h1-2,4,7-10,17-18H,3,5-6,11,19H2. The second-order valence-corrected chi connectivity index (χ2v) is 5.88. The number of ether oxygens (including phenoxy) is 1. The molecule has 1 heterocycles. The van der Waals surface area contributed by atoms with Crippen molar-refractivity contribution in [1.82, 2.24) is 0 Å². The Bertz CT molecular complexity index is 625. The Kier molecular flexibility index (Phi) is 2.78. The average molecular weight is 265 g/mol. The van der Waals surface area contributed by atoms with Crippen LogP contribution in [-0.2, 0) is 19.3 Å². The molecule has 4 rings (SSSR count). The molecule has 0 fully saturated rings. The van der Waals surface area contributed by atoms with Crippen LogP contribution in [0.1, 0.15) is 34.7 Å². The van der Waals surface area contributed by atoms with Crippen LogP contribution < -0.4 is 10.5 Å². The smallest absolute Gasteiger partial charge is 0.123 e. The SMILES string of the molecule is NC(c1ccc2c(c1)CCC2)C1Cc2ccccc2O1. The summed E-state index contributed by atoms with van der Waals surface area (Å²) >= 11 is 0. The van der Waals surface area contributed by atoms with E-state index in [-0.39, 0.29) is 12.1 Å². The summed E-state index contributed by atoms with van der Waals surface area (Å²) in [5, 5.41) is 0. The van der Waals surface area contributed by atoms with Crippen LogP contribution in [0.3, 0.4) is 0 Å². The number of para-hydroxylation sites is 1. The van der Waals surface area contributed by atoms with Gasteiger partial charge in [-0.05, 0) is 47.6 Å². The summed E-state index contributed by atoms with van der Waals surface area (Å²) in [4.78, 5) is 0. The van der Waals surface area contributed by atoms with Crippen LogP contribution in [0, 0.1) is 0 Å². The molecule has 2 aromatic rings. The van der Waals surface area contributed by atoms with Crippen molar-refractivity contribution in [2.75, 3.05) is 0 Å². The van der Waals surface area contributed by atoms with Gasteiger partial charge in [-0.2, -0.15) is 0 Å². The maximum Gasteiger partial charge on any atom is 0.123 e. The molecule has 102 valence electrons. The number of aryl methyl sites for hydroxylation is 2. The van der Waals surface area contributed by atoms with E-state index in [1.807, 2.05) is 12.1 Å². The molecule has 20 heavy (non-hydrogen) atoms. The molecule has 1 aliphatic carbocycles. The van der Waals surface area contributed by atoms with E-state index in [9.17, 15) is 0 Å². The molecule has 2 aliphatic rings. The molecule has 0 amide bonds. The summed E-state index contributed by atoms with van der Waals surface area (Å²) in [7, 11) is 0. The van der Waals surface area contributed by atoms with Crippen LogP contribution in [0.2, 0.25) is 0 Å². The molecule has 2 N–H and O–H groups in total. The molecule has 0 radical (unpaired) electrons. The Morgan fingerprint density at radius 3 is 2.75 bits per heavy atom. The Balaban J connectivity index is 1.58. The predicted molar refractivity (Wildman–Crippen MR) is 80.0 cm³/mol. The zero-order valence-corrected chi connectivity index (χ0v) is 11.5. The van der Waals surface area contributed by atoms with E-state index in [4.69, 9.17) is 10.5 Å². The first kappa shape index (κ1) is 12.0. The lowest BCUT2D eigenvalue weighted by molar-refractivity contribution is 0.200. The van der Waals surface area contributed by atoms with Gasteiger partial charge in [0.1, 0.15) is 11.9 Å². The minimum Gasteiger partial charge on any atom is -0.488 e. The van der Waals surface area contributed by atoms with E-state index in [1.165, 1.54) is 41.5 Å². The average Bonchev–Trinajstić information content (AvgIpc) is 3.11. The van der Waals surface area contributed by atoms with Gasteiger partial charge >= 0.3 is 0 Å². The van der Waals surface area contributed by atoms with Gasteiger partial charge in [0.05, 0.1) is 6.04 Å². The largest absolute Gasteiger partial charge is 0.488 e. The van der Waals surface area contributed by atoms with Crippen molar-refractivity contribution in [3.63, 3.8) is 0 Å². The van der Waals surface area contributed by atoms with Gasteiger partial charge in [-0.15, -0.1) is 0 Å². The van der Waals surface area contributed by atoms with Crippen LogP contribution in [0.15, 0.2) is 42.5 Å². The van der Waals surface area contributed by atoms with E-state index < -0.39 is 0 Å². The fourth-order valence-electron chi connectivity index (χ4n) is 3.42. The number of hydrogen-bond acceptors (Lipinski definition) is 2. The van der Waals surface area contributed by atoms with Crippen LogP contribution >= 0.6 is 0 Å². The molecular formula is C18H19NO. The normalized spacial score (nSPS) is 21.1. The monoisotopic (exact) mass is 265 g/mol. The van der Waals surface area contributed by atoms with Gasteiger partial charge < -0.3 is 10.5 Å². The highest BCUT2D eigenvalue weighted by Crippen LogP contribution is 2.34. The molecule has 2 nitrogen and oxygen atoms in total. The fraction of sp³-hybridized carbons (Fsp3) is 0.333. The summed E-state index contributed by atoms with van der Waals surface area (Å²) in [6.45, 7) is 0. The number of benzene rings is 2. The molecule has 0 saturated carbocycles. The zero-order chi connectivity index (χ0) is 13.5. The Hall–Kier alpha value is -1.80. The van der Waals surface area contributed by atoms with Crippen molar-refractivity contribution in [2.24, 2.45) is 5.73 Å².